The van der Waals surface area contributed by atoms with Gasteiger partial charge in [-0.05, 0) is 49.6 Å². The number of carbonyl (C=O) groups excluding carboxylic acids is 1. The van der Waals surface area contributed by atoms with E-state index in [2.05, 4.69) is 16.8 Å². The number of allylic oxidation sites excluding steroid dienone is 1. The Labute approximate surface area is 150 Å². The number of carbonyl (C=O) groups is 1. The zero-order valence-corrected chi connectivity index (χ0v) is 15.1. The zero-order valence-electron chi connectivity index (χ0n) is 14.3. The minimum atomic E-state index is -0.216. The second-order valence-corrected chi connectivity index (χ2v) is 5.88. The van der Waals surface area contributed by atoms with Gasteiger partial charge >= 0.3 is 6.03 Å². The van der Waals surface area contributed by atoms with Crippen LogP contribution in [0.4, 0.5) is 9.18 Å². The molecule has 0 atom stereocenters. The molecule has 2 amide bonds. The lowest BCUT2D eigenvalue weighted by Crippen LogP contribution is -2.51. The van der Waals surface area contributed by atoms with Gasteiger partial charge in [-0.15, -0.1) is 12.4 Å². The summed E-state index contributed by atoms with van der Waals surface area (Å²) in [7, 11) is 0. The number of halogens is 2. The van der Waals surface area contributed by atoms with Crippen LogP contribution in [0.5, 0.6) is 0 Å². The van der Waals surface area contributed by atoms with Gasteiger partial charge in [-0.25, -0.2) is 9.18 Å². The fourth-order valence-corrected chi connectivity index (χ4v) is 2.78. The predicted molar refractivity (Wildman–Crippen MR) is 99.0 cm³/mol. The molecule has 1 N–H and O–H groups in total. The number of rotatable bonds is 6. The summed E-state index contributed by atoms with van der Waals surface area (Å²) in [6, 6.07) is 6.55. The standard InChI is InChI=1S/C18H26FN3O.ClH/c1-3-20-18(23)22-13-11-21(12-14-22)10-4-5-15(2)16-6-8-17(19)9-7-16;/h6-9H,2-5,10-14H2,1H3,(H,20,23);1H. The maximum atomic E-state index is 12.9. The monoisotopic (exact) mass is 355 g/mol. The number of nitrogens with one attached hydrogen (secondary N) is 1. The Balaban J connectivity index is 0.00000288. The molecule has 0 saturated carbocycles. The van der Waals surface area contributed by atoms with Gasteiger partial charge in [-0.2, -0.15) is 0 Å². The quantitative estimate of drug-likeness (QED) is 0.849. The van der Waals surface area contributed by atoms with Crippen molar-refractivity contribution >= 4 is 24.0 Å². The summed E-state index contributed by atoms with van der Waals surface area (Å²) < 4.78 is 12.9. The Morgan fingerprint density at radius 2 is 1.83 bits per heavy atom. The van der Waals surface area contributed by atoms with Gasteiger partial charge in [0.05, 0.1) is 0 Å². The third kappa shape index (κ3) is 6.13. The molecule has 1 aromatic carbocycles. The van der Waals surface area contributed by atoms with Crippen molar-refractivity contribution in [2.45, 2.75) is 19.8 Å². The molecule has 0 spiro atoms. The van der Waals surface area contributed by atoms with Gasteiger partial charge in [0.2, 0.25) is 0 Å². The summed E-state index contributed by atoms with van der Waals surface area (Å²) >= 11 is 0. The molecule has 2 rings (SSSR count). The van der Waals surface area contributed by atoms with Crippen molar-refractivity contribution < 1.29 is 9.18 Å². The van der Waals surface area contributed by atoms with Crippen molar-refractivity contribution in [1.29, 1.82) is 0 Å². The number of piperazine rings is 1. The number of nitrogens with zero attached hydrogens (tertiary/aromatic N) is 2. The third-order valence-corrected chi connectivity index (χ3v) is 4.19. The van der Waals surface area contributed by atoms with Crippen LogP contribution in [0, 0.1) is 5.82 Å². The maximum absolute atomic E-state index is 12.9. The average Bonchev–Trinajstić information content (AvgIpc) is 2.56. The molecule has 0 aromatic heterocycles. The molecule has 1 aromatic rings. The molecule has 6 heteroatoms. The Kier molecular flexibility index (Phi) is 8.79. The van der Waals surface area contributed by atoms with Gasteiger partial charge < -0.3 is 10.2 Å². The van der Waals surface area contributed by atoms with E-state index in [-0.39, 0.29) is 24.3 Å². The first-order valence-electron chi connectivity index (χ1n) is 8.29. The molecule has 4 nitrogen and oxygen atoms in total. The molecule has 0 radical (unpaired) electrons. The Hall–Kier alpha value is -1.59. The minimum Gasteiger partial charge on any atom is -0.338 e. The molecule has 1 heterocycles. The van der Waals surface area contributed by atoms with E-state index in [1.165, 1.54) is 12.1 Å². The second-order valence-electron chi connectivity index (χ2n) is 5.88. The first-order valence-corrected chi connectivity index (χ1v) is 8.29. The molecule has 1 aliphatic heterocycles. The van der Waals surface area contributed by atoms with Gasteiger partial charge in [0.15, 0.2) is 0 Å². The van der Waals surface area contributed by atoms with E-state index in [9.17, 15) is 9.18 Å². The Morgan fingerprint density at radius 1 is 1.21 bits per heavy atom. The van der Waals surface area contributed by atoms with Crippen LogP contribution < -0.4 is 5.32 Å². The van der Waals surface area contributed by atoms with Crippen LogP contribution in [0.1, 0.15) is 25.3 Å². The number of hydrogen-bond acceptors (Lipinski definition) is 2. The van der Waals surface area contributed by atoms with Gasteiger partial charge in [0, 0.05) is 32.7 Å². The van der Waals surface area contributed by atoms with Gasteiger partial charge in [-0.1, -0.05) is 18.7 Å². The fourth-order valence-electron chi connectivity index (χ4n) is 2.78. The Morgan fingerprint density at radius 3 is 2.42 bits per heavy atom. The molecule has 1 aliphatic rings. The summed E-state index contributed by atoms with van der Waals surface area (Å²) in [5.41, 5.74) is 2.05. The SMILES string of the molecule is C=C(CCCN1CCN(C(=O)NCC)CC1)c1ccc(F)cc1.Cl. The highest BCUT2D eigenvalue weighted by Gasteiger charge is 2.20. The van der Waals surface area contributed by atoms with Crippen LogP contribution >= 0.6 is 12.4 Å². The number of hydrogen-bond donors (Lipinski definition) is 1. The highest BCUT2D eigenvalue weighted by molar-refractivity contribution is 5.85. The summed E-state index contributed by atoms with van der Waals surface area (Å²) in [5.74, 6) is -0.216. The van der Waals surface area contributed by atoms with Crippen molar-refractivity contribution in [3.05, 3.63) is 42.2 Å². The molecule has 0 unspecified atom stereocenters. The van der Waals surface area contributed by atoms with Crippen molar-refractivity contribution in [2.24, 2.45) is 0 Å². The first-order chi connectivity index (χ1) is 11.1. The van der Waals surface area contributed by atoms with E-state index in [0.717, 1.165) is 56.7 Å². The van der Waals surface area contributed by atoms with Crippen LogP contribution in [-0.4, -0.2) is 55.1 Å². The van der Waals surface area contributed by atoms with E-state index in [0.29, 0.717) is 6.54 Å². The summed E-state index contributed by atoms with van der Waals surface area (Å²) in [4.78, 5) is 16.0. The third-order valence-electron chi connectivity index (χ3n) is 4.19. The average molecular weight is 356 g/mol. The summed E-state index contributed by atoms with van der Waals surface area (Å²) in [6.45, 7) is 11.1. The predicted octanol–water partition coefficient (Wildman–Crippen LogP) is 3.39. The van der Waals surface area contributed by atoms with Crippen LogP contribution in [0.3, 0.4) is 0 Å². The van der Waals surface area contributed by atoms with Crippen LogP contribution in [0.15, 0.2) is 30.8 Å². The second kappa shape index (κ2) is 10.3. The molecular weight excluding hydrogens is 329 g/mol. The number of benzene rings is 1. The van der Waals surface area contributed by atoms with E-state index < -0.39 is 0 Å². The van der Waals surface area contributed by atoms with Gasteiger partial charge in [0.25, 0.3) is 0 Å². The summed E-state index contributed by atoms with van der Waals surface area (Å²) in [5, 5.41) is 2.84. The zero-order chi connectivity index (χ0) is 16.7. The molecule has 0 bridgehead atoms. The maximum Gasteiger partial charge on any atom is 0.317 e. The molecule has 1 fully saturated rings. The highest BCUT2D eigenvalue weighted by Crippen LogP contribution is 2.18. The topological polar surface area (TPSA) is 35.6 Å². The fraction of sp³-hybridized carbons (Fsp3) is 0.500. The summed E-state index contributed by atoms with van der Waals surface area (Å²) in [6.07, 6.45) is 1.93. The Bertz CT molecular complexity index is 528. The number of amides is 2. The number of urea groups is 1. The molecule has 1 saturated heterocycles. The van der Waals surface area contributed by atoms with E-state index in [1.54, 1.807) is 12.1 Å². The lowest BCUT2D eigenvalue weighted by atomic mass is 10.0. The highest BCUT2D eigenvalue weighted by atomic mass is 35.5. The van der Waals surface area contributed by atoms with Crippen LogP contribution in [0.2, 0.25) is 0 Å². The van der Waals surface area contributed by atoms with Crippen molar-refractivity contribution in [1.82, 2.24) is 15.1 Å². The molecule has 134 valence electrons. The molecular formula is C18H27ClFN3O. The lowest BCUT2D eigenvalue weighted by molar-refractivity contribution is 0.139. The normalized spacial score (nSPS) is 14.8. The van der Waals surface area contributed by atoms with Gasteiger partial charge in [-0.3, -0.25) is 4.90 Å². The van der Waals surface area contributed by atoms with Crippen molar-refractivity contribution in [2.75, 3.05) is 39.3 Å². The van der Waals surface area contributed by atoms with E-state index in [4.69, 9.17) is 0 Å². The van der Waals surface area contributed by atoms with Crippen molar-refractivity contribution in [3.8, 4) is 0 Å². The largest absolute Gasteiger partial charge is 0.338 e. The van der Waals surface area contributed by atoms with Crippen LogP contribution in [0.25, 0.3) is 5.57 Å². The first kappa shape index (κ1) is 20.5. The van der Waals surface area contributed by atoms with Crippen molar-refractivity contribution in [3.63, 3.8) is 0 Å². The van der Waals surface area contributed by atoms with Crippen LogP contribution in [-0.2, 0) is 0 Å². The minimum absolute atomic E-state index is 0. The molecule has 24 heavy (non-hydrogen) atoms. The lowest BCUT2D eigenvalue weighted by Gasteiger charge is -2.34. The van der Waals surface area contributed by atoms with Gasteiger partial charge in [0.1, 0.15) is 5.82 Å². The van der Waals surface area contributed by atoms with E-state index >= 15 is 0 Å². The molecule has 0 aliphatic carbocycles. The van der Waals surface area contributed by atoms with E-state index in [1.807, 2.05) is 11.8 Å². The smallest absolute Gasteiger partial charge is 0.317 e.